The minimum Gasteiger partial charge on any atom is -0.387 e. The summed E-state index contributed by atoms with van der Waals surface area (Å²) in [6, 6.07) is 3.04. The molecule has 0 spiro atoms. The number of hydrogen-bond acceptors (Lipinski definition) is 16. The van der Waals surface area contributed by atoms with Gasteiger partial charge in [0.05, 0.1) is 25.1 Å². The summed E-state index contributed by atoms with van der Waals surface area (Å²) in [7, 11) is -10.7. The number of phosphoric ester groups is 2. The summed E-state index contributed by atoms with van der Waals surface area (Å²) in [4.78, 5) is 43.6. The highest BCUT2D eigenvalue weighted by Crippen LogP contribution is 2.60. The number of rotatable bonds is 11. The van der Waals surface area contributed by atoms with Gasteiger partial charge in [-0.1, -0.05) is 0 Å². The molecule has 0 aliphatic carbocycles. The van der Waals surface area contributed by atoms with Crippen molar-refractivity contribution in [1.82, 2.24) is 19.5 Å². The Bertz CT molecular complexity index is 1630. The molecule has 0 amide bonds. The van der Waals surface area contributed by atoms with Crippen molar-refractivity contribution >= 4 is 38.4 Å². The molecule has 5 heterocycles. The molecule has 22 heteroatoms. The number of pyridine rings is 1. The van der Waals surface area contributed by atoms with Crippen LogP contribution in [0.3, 0.4) is 0 Å². The van der Waals surface area contributed by atoms with Crippen LogP contribution in [0.2, 0.25) is 0 Å². The van der Waals surface area contributed by atoms with Crippen LogP contribution in [0.5, 0.6) is 0 Å². The Labute approximate surface area is 247 Å². The van der Waals surface area contributed by atoms with E-state index >= 15 is 0 Å². The van der Waals surface area contributed by atoms with E-state index in [0.717, 1.165) is 6.33 Å². The van der Waals surface area contributed by atoms with Crippen molar-refractivity contribution in [1.29, 1.82) is 0 Å². The normalized spacial score (nSPS) is 31.6. The lowest BCUT2D eigenvalue weighted by molar-refractivity contribution is -0.765. The molecule has 240 valence electrons. The number of ketones is 1. The lowest BCUT2D eigenvalue weighted by Crippen LogP contribution is -2.46. The zero-order chi connectivity index (χ0) is 32.0. The van der Waals surface area contributed by atoms with Crippen LogP contribution in [0, 0.1) is 0 Å². The number of aliphatic hydroxyl groups excluding tert-OH is 4. The molecule has 2 fully saturated rings. The van der Waals surface area contributed by atoms with E-state index in [1.807, 2.05) is 0 Å². The Morgan fingerprint density at radius 3 is 2.30 bits per heavy atom. The number of imidazole rings is 1. The molecule has 5 rings (SSSR count). The predicted molar refractivity (Wildman–Crippen MR) is 141 cm³/mol. The van der Waals surface area contributed by atoms with Gasteiger partial charge in [0, 0.05) is 6.07 Å². The molecule has 0 saturated carbocycles. The number of carbonyl (C=O) groups is 1. The first-order chi connectivity index (χ1) is 20.7. The molecule has 0 bridgehead atoms. The van der Waals surface area contributed by atoms with E-state index in [9.17, 15) is 44.1 Å². The van der Waals surface area contributed by atoms with Crippen molar-refractivity contribution < 1.29 is 71.5 Å². The molecule has 3 aromatic heterocycles. The van der Waals surface area contributed by atoms with Crippen molar-refractivity contribution in [2.75, 3.05) is 18.9 Å². The molecule has 0 radical (unpaired) electrons. The van der Waals surface area contributed by atoms with Gasteiger partial charge in [-0.15, -0.1) is 0 Å². The highest BCUT2D eigenvalue weighted by Gasteiger charge is 2.50. The summed E-state index contributed by atoms with van der Waals surface area (Å²) in [5, 5.41) is 41.7. The Kier molecular flexibility index (Phi) is 9.28. The maximum atomic E-state index is 12.4. The first-order valence-corrected chi connectivity index (χ1v) is 15.8. The van der Waals surface area contributed by atoms with Gasteiger partial charge < -0.3 is 45.4 Å². The molecule has 44 heavy (non-hydrogen) atoms. The number of nitrogen functional groups attached to an aromatic ring is 1. The number of anilines is 1. The van der Waals surface area contributed by atoms with Crippen LogP contribution in [0.1, 0.15) is 29.7 Å². The molecule has 2 aliphatic rings. The first kappa shape index (κ1) is 32.6. The van der Waals surface area contributed by atoms with Gasteiger partial charge in [0.25, 0.3) is 6.23 Å². The number of aromatic nitrogens is 5. The largest absolute Gasteiger partial charge is 0.481 e. The van der Waals surface area contributed by atoms with Crippen LogP contribution in [0.25, 0.3) is 11.2 Å². The van der Waals surface area contributed by atoms with E-state index in [4.69, 9.17) is 24.3 Å². The summed E-state index contributed by atoms with van der Waals surface area (Å²) in [6.45, 7) is -0.430. The maximum Gasteiger partial charge on any atom is 0.481 e. The Balaban J connectivity index is 1.16. The summed E-state index contributed by atoms with van der Waals surface area (Å²) in [5.74, 6) is -0.210. The summed E-state index contributed by atoms with van der Waals surface area (Å²) in [6.07, 6.45) is -6.47. The van der Waals surface area contributed by atoms with Gasteiger partial charge in [-0.3, -0.25) is 18.4 Å². The standard InChI is InChI=1S/C22H28N6O14P2/c1-10(29)11-3-2-4-27(5-11)21-17(32)15(30)12(40-21)6-38-43(34,35)42-44(36,37)39-7-13-16(31)18(33)22(41-13)28-9-26-14-19(23)24-8-25-20(14)28/h2-5,8-9,12-13,15-18,21-22,30-33H,6-7H2,1H3,(H3-,23,24,25,34,35,36,37)/p+1/t12-,13-,15-,16?,17-,18-,21?,22-/m1/s1. The third kappa shape index (κ3) is 6.73. The molecule has 10 atom stereocenters. The van der Waals surface area contributed by atoms with Gasteiger partial charge in [-0.25, -0.2) is 24.1 Å². The Hall–Kier alpha value is -2.81. The molecule has 0 aromatic carbocycles. The second-order valence-corrected chi connectivity index (χ2v) is 12.9. The van der Waals surface area contributed by atoms with E-state index in [0.29, 0.717) is 5.56 Å². The zero-order valence-electron chi connectivity index (χ0n) is 22.7. The number of phosphoric acid groups is 2. The van der Waals surface area contributed by atoms with E-state index in [-0.39, 0.29) is 22.8 Å². The second-order valence-electron chi connectivity index (χ2n) is 9.88. The Morgan fingerprint density at radius 1 is 1.00 bits per heavy atom. The molecule has 2 aliphatic heterocycles. The van der Waals surface area contributed by atoms with Crippen LogP contribution in [0.4, 0.5) is 5.82 Å². The van der Waals surface area contributed by atoms with Gasteiger partial charge in [-0.05, 0) is 13.0 Å². The quantitative estimate of drug-likeness (QED) is 0.0669. The molecule has 3 aromatic rings. The van der Waals surface area contributed by atoms with Gasteiger partial charge in [0.1, 0.15) is 42.4 Å². The number of nitrogens with zero attached hydrogens (tertiary/aromatic N) is 5. The molecule has 20 nitrogen and oxygen atoms in total. The number of aliphatic hydroxyl groups is 4. The number of Topliss-reactive ketones (excluding diaryl/α,β-unsaturated/α-hetero) is 1. The van der Waals surface area contributed by atoms with Crippen LogP contribution in [-0.4, -0.2) is 105 Å². The molecular formula is C22H29N6O14P2+. The number of ether oxygens (including phenoxy) is 2. The lowest BCUT2D eigenvalue weighted by Gasteiger charge is -2.20. The highest BCUT2D eigenvalue weighted by atomic mass is 31.3. The Morgan fingerprint density at radius 2 is 1.64 bits per heavy atom. The fraction of sp³-hybridized carbons (Fsp3) is 0.500. The van der Waals surface area contributed by atoms with E-state index in [1.165, 1.54) is 46.9 Å². The third-order valence-electron chi connectivity index (χ3n) is 6.87. The van der Waals surface area contributed by atoms with Crippen LogP contribution in [-0.2, 0) is 32.0 Å². The van der Waals surface area contributed by atoms with Crippen molar-refractivity contribution in [2.24, 2.45) is 0 Å². The monoisotopic (exact) mass is 663 g/mol. The second kappa shape index (κ2) is 12.5. The molecule has 2 saturated heterocycles. The number of carbonyl (C=O) groups excluding carboxylic acids is 1. The third-order valence-corrected chi connectivity index (χ3v) is 9.47. The molecular weight excluding hydrogens is 634 g/mol. The van der Waals surface area contributed by atoms with Gasteiger partial charge in [0.2, 0.25) is 0 Å². The van der Waals surface area contributed by atoms with E-state index in [1.54, 1.807) is 0 Å². The van der Waals surface area contributed by atoms with Crippen molar-refractivity contribution in [2.45, 2.75) is 56.0 Å². The van der Waals surface area contributed by atoms with Gasteiger partial charge in [0.15, 0.2) is 42.0 Å². The van der Waals surface area contributed by atoms with E-state index < -0.39 is 77.9 Å². The van der Waals surface area contributed by atoms with Crippen LogP contribution >= 0.6 is 15.6 Å². The number of fused-ring (bicyclic) bond motifs is 1. The predicted octanol–water partition coefficient (Wildman–Crippen LogP) is -1.91. The minimum absolute atomic E-state index is 0.0547. The minimum atomic E-state index is -5.36. The SMILES string of the molecule is CC(=O)c1ccc[n+](C2O[C@H](COP(=O)(O)OP(=O)(O)OC[C@H]3O[C@@H](n4cnc5c(N)ncnc54)[C@H](O)C3O)[C@@H](O)[C@H]2O)c1. The van der Waals surface area contributed by atoms with Crippen molar-refractivity contribution in [3.63, 3.8) is 0 Å². The summed E-state index contributed by atoms with van der Waals surface area (Å²) < 4.78 is 52.2. The topological polar surface area (TPSA) is 292 Å². The molecule has 4 unspecified atom stereocenters. The number of nitrogens with two attached hydrogens (primary N) is 1. The highest BCUT2D eigenvalue weighted by molar-refractivity contribution is 7.61. The van der Waals surface area contributed by atoms with Crippen LogP contribution < -0.4 is 10.3 Å². The fourth-order valence-electron chi connectivity index (χ4n) is 4.64. The average molecular weight is 663 g/mol. The first-order valence-electron chi connectivity index (χ1n) is 12.8. The smallest absolute Gasteiger partial charge is 0.387 e. The van der Waals surface area contributed by atoms with Crippen molar-refractivity contribution in [3.8, 4) is 0 Å². The number of hydrogen-bond donors (Lipinski definition) is 7. The zero-order valence-corrected chi connectivity index (χ0v) is 24.4. The van der Waals surface area contributed by atoms with Gasteiger partial charge >= 0.3 is 15.6 Å². The van der Waals surface area contributed by atoms with E-state index in [2.05, 4.69) is 19.3 Å². The maximum absolute atomic E-state index is 12.4. The summed E-state index contributed by atoms with van der Waals surface area (Å²) >= 11 is 0. The fourth-order valence-corrected chi connectivity index (χ4v) is 6.73. The average Bonchev–Trinajstić information content (AvgIpc) is 3.61. The van der Waals surface area contributed by atoms with Crippen molar-refractivity contribution in [3.05, 3.63) is 42.7 Å². The van der Waals surface area contributed by atoms with Gasteiger partial charge in [-0.2, -0.15) is 8.88 Å². The summed E-state index contributed by atoms with van der Waals surface area (Å²) in [5.41, 5.74) is 6.41. The lowest BCUT2D eigenvalue weighted by atomic mass is 10.1. The molecule has 8 N–H and O–H groups in total. The van der Waals surface area contributed by atoms with Crippen LogP contribution in [0.15, 0.2) is 37.2 Å².